The highest BCUT2D eigenvalue weighted by Crippen LogP contribution is 2.15. The van der Waals surface area contributed by atoms with Crippen LogP contribution in [-0.2, 0) is 4.74 Å². The van der Waals surface area contributed by atoms with Crippen LogP contribution in [0.2, 0.25) is 0 Å². The Balaban J connectivity index is 3.30. The molecule has 0 saturated carbocycles. The Morgan fingerprint density at radius 3 is 1.59 bits per heavy atom. The molecular weight excluding hydrogens is 396 g/mol. The topological polar surface area (TPSA) is 41.6 Å². The van der Waals surface area contributed by atoms with Crippen LogP contribution < -0.4 is 5.32 Å². The zero-order chi connectivity index (χ0) is 23.7. The molecule has 0 rings (SSSR count). The molecule has 1 unspecified atom stereocenters. The van der Waals surface area contributed by atoms with Gasteiger partial charge in [0.05, 0.1) is 6.61 Å². The first kappa shape index (κ1) is 31.2. The van der Waals surface area contributed by atoms with Gasteiger partial charge < -0.3 is 15.0 Å². The minimum Gasteiger partial charge on any atom is -0.449 e. The smallest absolute Gasteiger partial charge is 0.407 e. The molecule has 0 aliphatic heterocycles. The first-order valence-corrected chi connectivity index (χ1v) is 14.3. The number of hydrogen-bond acceptors (Lipinski definition) is 3. The third-order valence-corrected chi connectivity index (χ3v) is 6.64. The van der Waals surface area contributed by atoms with E-state index in [4.69, 9.17) is 4.74 Å². The van der Waals surface area contributed by atoms with Crippen molar-refractivity contribution in [3.05, 3.63) is 0 Å². The molecule has 0 fully saturated rings. The Morgan fingerprint density at radius 2 is 1.16 bits per heavy atom. The number of carbonyl (C=O) groups excluding carboxylic acids is 1. The quantitative estimate of drug-likeness (QED) is 0.149. The van der Waals surface area contributed by atoms with E-state index in [1.54, 1.807) is 0 Å². The van der Waals surface area contributed by atoms with Crippen molar-refractivity contribution in [2.24, 2.45) is 5.92 Å². The van der Waals surface area contributed by atoms with Crippen LogP contribution in [0.4, 0.5) is 4.79 Å². The van der Waals surface area contributed by atoms with Crippen molar-refractivity contribution in [1.29, 1.82) is 0 Å². The van der Waals surface area contributed by atoms with Crippen LogP contribution in [0.3, 0.4) is 0 Å². The molecule has 0 radical (unpaired) electrons. The van der Waals surface area contributed by atoms with E-state index < -0.39 is 0 Å². The van der Waals surface area contributed by atoms with Gasteiger partial charge >= 0.3 is 6.09 Å². The number of ether oxygens (including phenoxy) is 1. The minimum atomic E-state index is -0.268. The SMILES string of the molecule is CCCCCCCCCCCCCCCCCCC(C)COC(=O)NCCN(CC)CC. The minimum absolute atomic E-state index is 0.268. The summed E-state index contributed by atoms with van der Waals surface area (Å²) in [5.41, 5.74) is 0. The van der Waals surface area contributed by atoms with Crippen molar-refractivity contribution < 1.29 is 9.53 Å². The molecule has 4 nitrogen and oxygen atoms in total. The van der Waals surface area contributed by atoms with Crippen LogP contribution in [0.25, 0.3) is 0 Å². The molecule has 0 aromatic heterocycles. The first-order valence-electron chi connectivity index (χ1n) is 14.3. The van der Waals surface area contributed by atoms with Gasteiger partial charge in [-0.1, -0.05) is 130 Å². The molecule has 1 atom stereocenters. The lowest BCUT2D eigenvalue weighted by Crippen LogP contribution is -2.35. The maximum atomic E-state index is 11.8. The molecule has 0 aliphatic carbocycles. The first-order chi connectivity index (χ1) is 15.6. The highest BCUT2D eigenvalue weighted by molar-refractivity contribution is 5.67. The van der Waals surface area contributed by atoms with Crippen molar-refractivity contribution in [3.8, 4) is 0 Å². The van der Waals surface area contributed by atoms with Gasteiger partial charge in [-0.15, -0.1) is 0 Å². The number of likely N-dealkylation sites (N-methyl/N-ethyl adjacent to an activating group) is 1. The van der Waals surface area contributed by atoms with Gasteiger partial charge in [0.2, 0.25) is 0 Å². The second kappa shape index (κ2) is 24.9. The zero-order valence-corrected chi connectivity index (χ0v) is 22.4. The normalized spacial score (nSPS) is 12.3. The van der Waals surface area contributed by atoms with Crippen LogP contribution in [0.5, 0.6) is 0 Å². The predicted octanol–water partition coefficient (Wildman–Crippen LogP) is 8.34. The van der Waals surface area contributed by atoms with Crippen LogP contribution in [0.1, 0.15) is 137 Å². The fraction of sp³-hybridized carbons (Fsp3) is 0.964. The molecule has 0 aromatic rings. The summed E-state index contributed by atoms with van der Waals surface area (Å²) in [7, 11) is 0. The summed E-state index contributed by atoms with van der Waals surface area (Å²) < 4.78 is 5.36. The van der Waals surface area contributed by atoms with Gasteiger partial charge in [-0.05, 0) is 25.4 Å². The summed E-state index contributed by atoms with van der Waals surface area (Å²) in [5.74, 6) is 0.454. The monoisotopic (exact) mass is 454 g/mol. The zero-order valence-electron chi connectivity index (χ0n) is 22.4. The summed E-state index contributed by atoms with van der Waals surface area (Å²) in [6.45, 7) is 12.9. The van der Waals surface area contributed by atoms with Gasteiger partial charge in [0, 0.05) is 13.1 Å². The summed E-state index contributed by atoms with van der Waals surface area (Å²) >= 11 is 0. The Labute approximate surface area is 201 Å². The number of alkyl carbamates (subject to hydrolysis) is 1. The third kappa shape index (κ3) is 22.4. The molecule has 0 aromatic carbocycles. The van der Waals surface area contributed by atoms with Gasteiger partial charge in [-0.2, -0.15) is 0 Å². The molecule has 32 heavy (non-hydrogen) atoms. The lowest BCUT2D eigenvalue weighted by atomic mass is 10.0. The van der Waals surface area contributed by atoms with E-state index in [1.165, 1.54) is 103 Å². The molecular formula is C28H58N2O2. The van der Waals surface area contributed by atoms with Gasteiger partial charge in [-0.25, -0.2) is 4.79 Å². The summed E-state index contributed by atoms with van der Waals surface area (Å²) in [6, 6.07) is 0. The van der Waals surface area contributed by atoms with E-state index in [-0.39, 0.29) is 6.09 Å². The van der Waals surface area contributed by atoms with Crippen molar-refractivity contribution in [2.45, 2.75) is 137 Å². The van der Waals surface area contributed by atoms with E-state index in [2.05, 4.69) is 37.9 Å². The van der Waals surface area contributed by atoms with Crippen LogP contribution in [0, 0.1) is 5.92 Å². The molecule has 0 heterocycles. The molecule has 0 bridgehead atoms. The molecule has 0 spiro atoms. The van der Waals surface area contributed by atoms with Crippen LogP contribution in [0.15, 0.2) is 0 Å². The summed E-state index contributed by atoms with van der Waals surface area (Å²) in [4.78, 5) is 14.1. The number of nitrogens with one attached hydrogen (secondary N) is 1. The number of amides is 1. The fourth-order valence-electron chi connectivity index (χ4n) is 4.25. The van der Waals surface area contributed by atoms with Crippen molar-refractivity contribution >= 4 is 6.09 Å². The Kier molecular flexibility index (Phi) is 24.3. The Morgan fingerprint density at radius 1 is 0.719 bits per heavy atom. The van der Waals surface area contributed by atoms with E-state index in [9.17, 15) is 4.79 Å². The number of hydrogen-bond donors (Lipinski definition) is 1. The lowest BCUT2D eigenvalue weighted by molar-refractivity contribution is 0.126. The third-order valence-electron chi connectivity index (χ3n) is 6.64. The van der Waals surface area contributed by atoms with Gasteiger partial charge in [0.15, 0.2) is 0 Å². The molecule has 4 heteroatoms. The van der Waals surface area contributed by atoms with E-state index >= 15 is 0 Å². The average molecular weight is 455 g/mol. The van der Waals surface area contributed by atoms with Gasteiger partial charge in [-0.3, -0.25) is 0 Å². The van der Waals surface area contributed by atoms with Crippen molar-refractivity contribution in [2.75, 3.05) is 32.8 Å². The van der Waals surface area contributed by atoms with Crippen LogP contribution in [-0.4, -0.2) is 43.8 Å². The molecule has 192 valence electrons. The number of unbranched alkanes of at least 4 members (excludes halogenated alkanes) is 15. The van der Waals surface area contributed by atoms with E-state index in [0.717, 1.165) is 26.1 Å². The second-order valence-electron chi connectivity index (χ2n) is 9.75. The average Bonchev–Trinajstić information content (AvgIpc) is 2.80. The second-order valence-corrected chi connectivity index (χ2v) is 9.75. The maximum Gasteiger partial charge on any atom is 0.407 e. The largest absolute Gasteiger partial charge is 0.449 e. The molecule has 1 N–H and O–H groups in total. The number of carbonyl (C=O) groups is 1. The van der Waals surface area contributed by atoms with Gasteiger partial charge in [0.25, 0.3) is 0 Å². The molecule has 1 amide bonds. The standard InChI is InChI=1S/C28H58N2O2/c1-5-8-9-10-11-12-13-14-15-16-17-18-19-20-21-22-23-27(4)26-32-28(31)29-24-25-30(6-2)7-3/h27H,5-26H2,1-4H3,(H,29,31). The molecule has 0 aliphatic rings. The fourth-order valence-corrected chi connectivity index (χ4v) is 4.25. The Hall–Kier alpha value is -0.770. The summed E-state index contributed by atoms with van der Waals surface area (Å²) in [5, 5.41) is 2.86. The van der Waals surface area contributed by atoms with Crippen molar-refractivity contribution in [1.82, 2.24) is 10.2 Å². The lowest BCUT2D eigenvalue weighted by Gasteiger charge is -2.18. The van der Waals surface area contributed by atoms with Crippen molar-refractivity contribution in [3.63, 3.8) is 0 Å². The predicted molar refractivity (Wildman–Crippen MR) is 140 cm³/mol. The maximum absolute atomic E-state index is 11.8. The highest BCUT2D eigenvalue weighted by atomic mass is 16.5. The Bertz CT molecular complexity index is 386. The van der Waals surface area contributed by atoms with E-state index in [0.29, 0.717) is 19.1 Å². The summed E-state index contributed by atoms with van der Waals surface area (Å²) in [6.07, 6.45) is 23.4. The number of nitrogens with zero attached hydrogens (tertiary/aromatic N) is 1. The van der Waals surface area contributed by atoms with Crippen LogP contribution >= 0.6 is 0 Å². The number of rotatable bonds is 24. The highest BCUT2D eigenvalue weighted by Gasteiger charge is 2.07. The van der Waals surface area contributed by atoms with Gasteiger partial charge in [0.1, 0.15) is 0 Å². The van der Waals surface area contributed by atoms with E-state index in [1.807, 2.05) is 0 Å². The molecule has 0 saturated heterocycles.